The van der Waals surface area contributed by atoms with Crippen molar-refractivity contribution in [3.63, 3.8) is 0 Å². The van der Waals surface area contributed by atoms with Crippen LogP contribution in [-0.4, -0.2) is 69.6 Å². The van der Waals surface area contributed by atoms with Gasteiger partial charge in [0.1, 0.15) is 18.5 Å². The van der Waals surface area contributed by atoms with Crippen molar-refractivity contribution in [1.29, 1.82) is 0 Å². The maximum Gasteiger partial charge on any atom is 0.416 e. The van der Waals surface area contributed by atoms with Gasteiger partial charge < -0.3 is 24.4 Å². The molecule has 0 bridgehead atoms. The highest BCUT2D eigenvalue weighted by Crippen LogP contribution is 2.31. The maximum atomic E-state index is 12.7. The maximum absolute atomic E-state index is 12.7. The summed E-state index contributed by atoms with van der Waals surface area (Å²) in [5.41, 5.74) is -0.720. The lowest BCUT2D eigenvalue weighted by atomic mass is 10.1. The average Bonchev–Trinajstić information content (AvgIpc) is 3.23. The number of ether oxygens (including phenoxy) is 3. The minimum Gasteiger partial charge on any atom is -0.492 e. The highest BCUT2D eigenvalue weighted by Gasteiger charge is 2.32. The van der Waals surface area contributed by atoms with Gasteiger partial charge in [0.25, 0.3) is 0 Å². The molecular weight excluding hydrogens is 375 g/mol. The molecule has 0 aromatic heterocycles. The van der Waals surface area contributed by atoms with Gasteiger partial charge in [-0.1, -0.05) is 6.07 Å². The summed E-state index contributed by atoms with van der Waals surface area (Å²) in [6.45, 7) is 3.44. The molecule has 0 amide bonds. The molecule has 2 heterocycles. The Bertz CT molecular complexity index is 663. The van der Waals surface area contributed by atoms with E-state index in [1.165, 1.54) is 12.1 Å². The van der Waals surface area contributed by atoms with Crippen molar-refractivity contribution in [2.45, 2.75) is 31.2 Å². The molecule has 1 N–H and O–H groups in total. The molecule has 2 atom stereocenters. The van der Waals surface area contributed by atoms with Crippen LogP contribution in [0, 0.1) is 0 Å². The molecule has 1 aromatic rings. The summed E-state index contributed by atoms with van der Waals surface area (Å²) in [5.74, 6) is 0.912. The molecule has 0 aliphatic carbocycles. The Morgan fingerprint density at radius 2 is 2.11 bits per heavy atom. The second-order valence-corrected chi connectivity index (χ2v) is 6.75. The van der Waals surface area contributed by atoms with E-state index in [1.807, 2.05) is 0 Å². The molecule has 28 heavy (non-hydrogen) atoms. The molecule has 0 spiro atoms. The zero-order chi connectivity index (χ0) is 20.0. The first-order chi connectivity index (χ1) is 13.5. The monoisotopic (exact) mass is 401 g/mol. The van der Waals surface area contributed by atoms with Gasteiger partial charge in [0, 0.05) is 26.7 Å². The standard InChI is InChI=1S/C19H26F3N3O3/c1-23-18(25-8-11-28-17(13-25)16-6-3-9-27-16)24-7-10-26-15-5-2-4-14(12-15)19(20,21)22/h2,4-5,12,16-17H,3,6-11,13H2,1H3,(H,23,24). The average molecular weight is 401 g/mol. The van der Waals surface area contributed by atoms with E-state index in [2.05, 4.69) is 15.2 Å². The zero-order valence-corrected chi connectivity index (χ0v) is 15.9. The van der Waals surface area contributed by atoms with Gasteiger partial charge in [-0.25, -0.2) is 0 Å². The number of alkyl halides is 3. The van der Waals surface area contributed by atoms with Gasteiger partial charge in [-0.15, -0.1) is 0 Å². The molecule has 2 aliphatic rings. The molecule has 3 rings (SSSR count). The van der Waals surface area contributed by atoms with E-state index in [0.717, 1.165) is 44.1 Å². The number of guanidine groups is 1. The lowest BCUT2D eigenvalue weighted by Crippen LogP contribution is -2.53. The molecule has 1 aromatic carbocycles. The number of hydrogen-bond donors (Lipinski definition) is 1. The van der Waals surface area contributed by atoms with Crippen LogP contribution in [-0.2, 0) is 15.7 Å². The summed E-state index contributed by atoms with van der Waals surface area (Å²) in [6.07, 6.45) is -2.16. The number of halogens is 3. The molecule has 2 saturated heterocycles. The third kappa shape index (κ3) is 5.51. The van der Waals surface area contributed by atoms with Crippen molar-refractivity contribution in [1.82, 2.24) is 10.2 Å². The Morgan fingerprint density at radius 3 is 2.82 bits per heavy atom. The van der Waals surface area contributed by atoms with Crippen LogP contribution in [0.5, 0.6) is 5.75 Å². The van der Waals surface area contributed by atoms with Gasteiger partial charge in [-0.05, 0) is 31.0 Å². The zero-order valence-electron chi connectivity index (χ0n) is 15.9. The van der Waals surface area contributed by atoms with Gasteiger partial charge in [0.2, 0.25) is 0 Å². The predicted molar refractivity (Wildman–Crippen MR) is 98.6 cm³/mol. The van der Waals surface area contributed by atoms with Crippen LogP contribution in [0.1, 0.15) is 18.4 Å². The Kier molecular flexibility index (Phi) is 7.01. The topological polar surface area (TPSA) is 55.3 Å². The van der Waals surface area contributed by atoms with Crippen LogP contribution in [0.4, 0.5) is 13.2 Å². The van der Waals surface area contributed by atoms with E-state index in [0.29, 0.717) is 19.7 Å². The van der Waals surface area contributed by atoms with Crippen molar-refractivity contribution in [2.75, 3.05) is 46.5 Å². The summed E-state index contributed by atoms with van der Waals surface area (Å²) < 4.78 is 55.3. The van der Waals surface area contributed by atoms with E-state index in [1.54, 1.807) is 7.05 Å². The number of rotatable bonds is 5. The Labute approximate surface area is 162 Å². The summed E-state index contributed by atoms with van der Waals surface area (Å²) in [5, 5.41) is 3.20. The summed E-state index contributed by atoms with van der Waals surface area (Å²) in [7, 11) is 1.70. The lowest BCUT2D eigenvalue weighted by molar-refractivity contribution is -0.137. The molecule has 156 valence electrons. The minimum atomic E-state index is -4.38. The molecule has 2 aliphatic heterocycles. The van der Waals surface area contributed by atoms with E-state index in [4.69, 9.17) is 14.2 Å². The highest BCUT2D eigenvalue weighted by molar-refractivity contribution is 5.80. The number of hydrogen-bond acceptors (Lipinski definition) is 4. The molecule has 9 heteroatoms. The Balaban J connectivity index is 1.45. The van der Waals surface area contributed by atoms with Crippen LogP contribution in [0.2, 0.25) is 0 Å². The van der Waals surface area contributed by atoms with Gasteiger partial charge in [-0.2, -0.15) is 13.2 Å². The van der Waals surface area contributed by atoms with Crippen LogP contribution in [0.3, 0.4) is 0 Å². The first kappa shape index (κ1) is 20.7. The molecular formula is C19H26F3N3O3. The van der Waals surface area contributed by atoms with Gasteiger partial charge in [-0.3, -0.25) is 4.99 Å². The van der Waals surface area contributed by atoms with Gasteiger partial charge >= 0.3 is 6.18 Å². The summed E-state index contributed by atoms with van der Waals surface area (Å²) in [6, 6.07) is 4.88. The van der Waals surface area contributed by atoms with E-state index in [9.17, 15) is 13.2 Å². The minimum absolute atomic E-state index is 0.0242. The summed E-state index contributed by atoms with van der Waals surface area (Å²) >= 11 is 0. The summed E-state index contributed by atoms with van der Waals surface area (Å²) in [4.78, 5) is 6.41. The molecule has 2 unspecified atom stereocenters. The second-order valence-electron chi connectivity index (χ2n) is 6.75. The normalized spacial score (nSPS) is 23.7. The third-order valence-electron chi connectivity index (χ3n) is 4.80. The molecule has 2 fully saturated rings. The number of morpholine rings is 1. The SMILES string of the molecule is CN=C(NCCOc1cccc(C(F)(F)F)c1)N1CCOC(C2CCCO2)C1. The van der Waals surface area contributed by atoms with E-state index < -0.39 is 11.7 Å². The second kappa shape index (κ2) is 9.47. The van der Waals surface area contributed by atoms with E-state index >= 15 is 0 Å². The van der Waals surface area contributed by atoms with Crippen LogP contribution >= 0.6 is 0 Å². The van der Waals surface area contributed by atoms with Crippen molar-refractivity contribution < 1.29 is 27.4 Å². The fourth-order valence-electron chi connectivity index (χ4n) is 3.41. The van der Waals surface area contributed by atoms with Gasteiger partial charge in [0.15, 0.2) is 5.96 Å². The number of nitrogens with zero attached hydrogens (tertiary/aromatic N) is 2. The third-order valence-corrected chi connectivity index (χ3v) is 4.80. The Morgan fingerprint density at radius 1 is 1.29 bits per heavy atom. The van der Waals surface area contributed by atoms with Crippen molar-refractivity contribution >= 4 is 5.96 Å². The van der Waals surface area contributed by atoms with Gasteiger partial charge in [0.05, 0.1) is 24.8 Å². The number of nitrogens with one attached hydrogen (secondary N) is 1. The number of benzene rings is 1. The molecule has 0 saturated carbocycles. The van der Waals surface area contributed by atoms with Crippen molar-refractivity contribution in [3.8, 4) is 5.75 Å². The highest BCUT2D eigenvalue weighted by atomic mass is 19.4. The van der Waals surface area contributed by atoms with Crippen molar-refractivity contribution in [3.05, 3.63) is 29.8 Å². The first-order valence-corrected chi connectivity index (χ1v) is 9.46. The predicted octanol–water partition coefficient (Wildman–Crippen LogP) is 2.54. The molecule has 6 nitrogen and oxygen atoms in total. The fourth-order valence-corrected chi connectivity index (χ4v) is 3.41. The van der Waals surface area contributed by atoms with Crippen LogP contribution in [0.15, 0.2) is 29.3 Å². The van der Waals surface area contributed by atoms with E-state index in [-0.39, 0.29) is 24.6 Å². The van der Waals surface area contributed by atoms with Crippen LogP contribution in [0.25, 0.3) is 0 Å². The first-order valence-electron chi connectivity index (χ1n) is 9.46. The Hall–Kier alpha value is -2.00. The smallest absolute Gasteiger partial charge is 0.416 e. The largest absolute Gasteiger partial charge is 0.492 e. The lowest BCUT2D eigenvalue weighted by Gasteiger charge is -2.37. The van der Waals surface area contributed by atoms with Crippen molar-refractivity contribution in [2.24, 2.45) is 4.99 Å². The number of aliphatic imine (C=N–C) groups is 1. The fraction of sp³-hybridized carbons (Fsp3) is 0.632. The molecule has 0 radical (unpaired) electrons. The quantitative estimate of drug-likeness (QED) is 0.467. The van der Waals surface area contributed by atoms with Crippen LogP contribution < -0.4 is 10.1 Å².